The molecule has 27 heavy (non-hydrogen) atoms. The van der Waals surface area contributed by atoms with E-state index >= 15 is 0 Å². The van der Waals surface area contributed by atoms with Crippen LogP contribution in [0.3, 0.4) is 0 Å². The fourth-order valence-corrected chi connectivity index (χ4v) is 3.96. The lowest BCUT2D eigenvalue weighted by Crippen LogP contribution is -2.38. The topological polar surface area (TPSA) is 79.8 Å². The molecule has 2 rings (SSSR count). The van der Waals surface area contributed by atoms with Gasteiger partial charge >= 0.3 is 0 Å². The minimum absolute atomic E-state index is 0. The number of halogens is 1. The third-order valence-electron chi connectivity index (χ3n) is 4.19. The van der Waals surface area contributed by atoms with E-state index in [1.165, 1.54) is 12.8 Å². The number of hydrogen-bond acceptors (Lipinski definition) is 4. The Labute approximate surface area is 180 Å². The summed E-state index contributed by atoms with van der Waals surface area (Å²) in [5.74, 6) is 1.77. The summed E-state index contributed by atoms with van der Waals surface area (Å²) in [4.78, 5) is 4.15. The standard InChI is InChI=1S/C19H31N3O3S.HI/c1-20-19(21-11-5-13-25-15-17-9-10-17)22-12-6-14-26(23,24)16-18-7-3-2-4-8-18;/h2-4,7-8,17H,5-6,9-16H2,1H3,(H2,20,21,22);1H. The molecule has 0 bridgehead atoms. The van der Waals surface area contributed by atoms with Gasteiger partial charge in [-0.05, 0) is 37.2 Å². The molecule has 1 aliphatic carbocycles. The fourth-order valence-electron chi connectivity index (χ4n) is 2.54. The van der Waals surface area contributed by atoms with E-state index in [4.69, 9.17) is 4.74 Å². The lowest BCUT2D eigenvalue weighted by molar-refractivity contribution is 0.123. The van der Waals surface area contributed by atoms with Crippen molar-refractivity contribution in [3.05, 3.63) is 35.9 Å². The molecule has 0 spiro atoms. The zero-order valence-corrected chi connectivity index (χ0v) is 19.2. The number of sulfone groups is 1. The van der Waals surface area contributed by atoms with E-state index in [-0.39, 0.29) is 35.5 Å². The quantitative estimate of drug-likeness (QED) is 0.196. The molecule has 0 heterocycles. The Morgan fingerprint density at radius 3 is 2.44 bits per heavy atom. The maximum absolute atomic E-state index is 12.2. The molecule has 0 amide bonds. The van der Waals surface area contributed by atoms with Crippen LogP contribution in [0.25, 0.3) is 0 Å². The summed E-state index contributed by atoms with van der Waals surface area (Å²) in [7, 11) is -1.37. The van der Waals surface area contributed by atoms with Gasteiger partial charge in [-0.2, -0.15) is 0 Å². The molecule has 6 nitrogen and oxygen atoms in total. The van der Waals surface area contributed by atoms with Crippen molar-refractivity contribution in [3.63, 3.8) is 0 Å². The molecular formula is C19H32IN3O3S. The molecule has 154 valence electrons. The van der Waals surface area contributed by atoms with Crippen molar-refractivity contribution in [3.8, 4) is 0 Å². The number of rotatable bonds is 12. The summed E-state index contributed by atoms with van der Waals surface area (Å²) in [5.41, 5.74) is 0.835. The van der Waals surface area contributed by atoms with Gasteiger partial charge in [0.05, 0.1) is 11.5 Å². The van der Waals surface area contributed by atoms with E-state index < -0.39 is 9.84 Å². The first kappa shape index (κ1) is 24.2. The van der Waals surface area contributed by atoms with E-state index in [0.29, 0.717) is 18.9 Å². The number of aliphatic imine (C=N–C) groups is 1. The second-order valence-corrected chi connectivity index (χ2v) is 8.91. The number of benzene rings is 1. The zero-order valence-electron chi connectivity index (χ0n) is 16.0. The van der Waals surface area contributed by atoms with E-state index in [9.17, 15) is 8.42 Å². The highest BCUT2D eigenvalue weighted by atomic mass is 127. The molecule has 0 radical (unpaired) electrons. The SMILES string of the molecule is CN=C(NCCCOCC1CC1)NCCCS(=O)(=O)Cc1ccccc1.I. The Morgan fingerprint density at radius 1 is 1.15 bits per heavy atom. The van der Waals surface area contributed by atoms with Crippen LogP contribution >= 0.6 is 24.0 Å². The van der Waals surface area contributed by atoms with Gasteiger partial charge in [0.15, 0.2) is 15.8 Å². The molecule has 2 N–H and O–H groups in total. The van der Waals surface area contributed by atoms with Gasteiger partial charge in [0.25, 0.3) is 0 Å². The maximum atomic E-state index is 12.2. The van der Waals surface area contributed by atoms with Gasteiger partial charge in [0.2, 0.25) is 0 Å². The van der Waals surface area contributed by atoms with Crippen LogP contribution < -0.4 is 10.6 Å². The smallest absolute Gasteiger partial charge is 0.190 e. The molecule has 0 saturated heterocycles. The van der Waals surface area contributed by atoms with Gasteiger partial charge < -0.3 is 15.4 Å². The average Bonchev–Trinajstić information content (AvgIpc) is 3.44. The van der Waals surface area contributed by atoms with Crippen LogP contribution in [0.1, 0.15) is 31.2 Å². The van der Waals surface area contributed by atoms with Crippen molar-refractivity contribution in [2.45, 2.75) is 31.4 Å². The first-order valence-corrected chi connectivity index (χ1v) is 11.2. The Hall–Kier alpha value is -0.870. The van der Waals surface area contributed by atoms with Gasteiger partial charge in [-0.15, -0.1) is 24.0 Å². The van der Waals surface area contributed by atoms with Crippen LogP contribution in [0.5, 0.6) is 0 Å². The monoisotopic (exact) mass is 509 g/mol. The van der Waals surface area contributed by atoms with Gasteiger partial charge in [0, 0.05) is 33.4 Å². The minimum atomic E-state index is -3.09. The van der Waals surface area contributed by atoms with Gasteiger partial charge in [-0.3, -0.25) is 4.99 Å². The fraction of sp³-hybridized carbons (Fsp3) is 0.632. The number of nitrogens with zero attached hydrogens (tertiary/aromatic N) is 1. The minimum Gasteiger partial charge on any atom is -0.381 e. The maximum Gasteiger partial charge on any atom is 0.190 e. The summed E-state index contributed by atoms with van der Waals surface area (Å²) < 4.78 is 29.9. The number of ether oxygens (including phenoxy) is 1. The van der Waals surface area contributed by atoms with Gasteiger partial charge in [0.1, 0.15) is 0 Å². The zero-order chi connectivity index (χ0) is 18.7. The first-order valence-electron chi connectivity index (χ1n) is 9.35. The van der Waals surface area contributed by atoms with Crippen LogP contribution in [0.15, 0.2) is 35.3 Å². The van der Waals surface area contributed by atoms with Crippen LogP contribution in [0.4, 0.5) is 0 Å². The Morgan fingerprint density at radius 2 is 1.81 bits per heavy atom. The lowest BCUT2D eigenvalue weighted by Gasteiger charge is -2.12. The van der Waals surface area contributed by atoms with Crippen LogP contribution in [-0.2, 0) is 20.3 Å². The number of hydrogen-bond donors (Lipinski definition) is 2. The van der Waals surface area contributed by atoms with Crippen molar-refractivity contribution in [1.82, 2.24) is 10.6 Å². The third kappa shape index (κ3) is 11.5. The summed E-state index contributed by atoms with van der Waals surface area (Å²) in [5, 5.41) is 6.38. The van der Waals surface area contributed by atoms with E-state index in [2.05, 4.69) is 15.6 Å². The van der Waals surface area contributed by atoms with Crippen molar-refractivity contribution in [2.75, 3.05) is 39.1 Å². The molecule has 0 atom stereocenters. The molecule has 8 heteroatoms. The summed E-state index contributed by atoms with van der Waals surface area (Å²) in [6, 6.07) is 9.29. The second kappa shape index (κ2) is 13.3. The van der Waals surface area contributed by atoms with Crippen molar-refractivity contribution < 1.29 is 13.2 Å². The molecular weight excluding hydrogens is 477 g/mol. The predicted octanol–water partition coefficient (Wildman–Crippen LogP) is 2.59. The normalized spacial score (nSPS) is 14.5. The molecule has 1 aliphatic rings. The van der Waals surface area contributed by atoms with Crippen LogP contribution in [-0.4, -0.2) is 53.5 Å². The third-order valence-corrected chi connectivity index (χ3v) is 5.87. The molecule has 1 aromatic carbocycles. The molecule has 1 saturated carbocycles. The van der Waals surface area contributed by atoms with E-state index in [1.54, 1.807) is 7.05 Å². The number of nitrogens with one attached hydrogen (secondary N) is 2. The Kier molecular flexibility index (Phi) is 11.9. The second-order valence-electron chi connectivity index (χ2n) is 6.73. The highest BCUT2D eigenvalue weighted by Gasteiger charge is 2.20. The Balaban J connectivity index is 0.00000364. The Bertz CT molecular complexity index is 649. The van der Waals surface area contributed by atoms with E-state index in [1.807, 2.05) is 30.3 Å². The average molecular weight is 509 g/mol. The van der Waals surface area contributed by atoms with Crippen molar-refractivity contribution >= 4 is 39.8 Å². The molecule has 0 aromatic heterocycles. The molecule has 1 aromatic rings. The van der Waals surface area contributed by atoms with Gasteiger partial charge in [-0.1, -0.05) is 30.3 Å². The highest BCUT2D eigenvalue weighted by molar-refractivity contribution is 14.0. The molecule has 1 fully saturated rings. The highest BCUT2D eigenvalue weighted by Crippen LogP contribution is 2.28. The molecule has 0 aliphatic heterocycles. The van der Waals surface area contributed by atoms with Crippen LogP contribution in [0.2, 0.25) is 0 Å². The summed E-state index contributed by atoms with van der Waals surface area (Å²) in [6.07, 6.45) is 4.12. The summed E-state index contributed by atoms with van der Waals surface area (Å²) in [6.45, 7) is 3.02. The van der Waals surface area contributed by atoms with Crippen LogP contribution in [0, 0.1) is 5.92 Å². The van der Waals surface area contributed by atoms with Gasteiger partial charge in [-0.25, -0.2) is 8.42 Å². The van der Waals surface area contributed by atoms with E-state index in [0.717, 1.165) is 37.7 Å². The number of guanidine groups is 1. The first-order chi connectivity index (χ1) is 12.6. The predicted molar refractivity (Wildman–Crippen MR) is 121 cm³/mol. The summed E-state index contributed by atoms with van der Waals surface area (Å²) >= 11 is 0. The molecule has 0 unspecified atom stereocenters. The van der Waals surface area contributed by atoms with Crippen molar-refractivity contribution in [1.29, 1.82) is 0 Å². The lowest BCUT2D eigenvalue weighted by atomic mass is 10.2. The van der Waals surface area contributed by atoms with Crippen molar-refractivity contribution in [2.24, 2.45) is 10.9 Å². The largest absolute Gasteiger partial charge is 0.381 e.